The Balaban J connectivity index is 2.16. The van der Waals surface area contributed by atoms with Crippen LogP contribution < -0.4 is 10.1 Å². The maximum Gasteiger partial charge on any atom is 0.255 e. The minimum Gasteiger partial charge on any atom is -0.494 e. The molecule has 2 aromatic carbocycles. The SMILES string of the molecule is CCOc1ccc(C(=O)Nc2cc(Cl)c(Cl)cc2Cl)cc1. The fourth-order valence-corrected chi connectivity index (χ4v) is 2.28. The summed E-state index contributed by atoms with van der Waals surface area (Å²) in [6.07, 6.45) is 0. The number of halogens is 3. The van der Waals surface area contributed by atoms with Crippen LogP contribution >= 0.6 is 34.8 Å². The van der Waals surface area contributed by atoms with E-state index in [4.69, 9.17) is 39.5 Å². The van der Waals surface area contributed by atoms with Crippen molar-refractivity contribution in [2.75, 3.05) is 11.9 Å². The van der Waals surface area contributed by atoms with Crippen molar-refractivity contribution in [3.8, 4) is 5.75 Å². The predicted octanol–water partition coefficient (Wildman–Crippen LogP) is 5.30. The first-order valence-electron chi connectivity index (χ1n) is 6.20. The number of benzene rings is 2. The summed E-state index contributed by atoms with van der Waals surface area (Å²) in [6.45, 7) is 2.47. The molecule has 0 fully saturated rings. The maximum atomic E-state index is 12.1. The average Bonchev–Trinajstić information content (AvgIpc) is 2.46. The second kappa shape index (κ2) is 7.03. The molecule has 0 saturated carbocycles. The van der Waals surface area contributed by atoms with Crippen molar-refractivity contribution in [1.29, 1.82) is 0 Å². The first kappa shape index (κ1) is 16.0. The van der Waals surface area contributed by atoms with Crippen molar-refractivity contribution in [3.05, 3.63) is 57.0 Å². The second-order valence-electron chi connectivity index (χ2n) is 4.16. The molecule has 0 heterocycles. The molecule has 0 aliphatic carbocycles. The van der Waals surface area contributed by atoms with Gasteiger partial charge in [0.05, 0.1) is 27.4 Å². The van der Waals surface area contributed by atoms with Gasteiger partial charge in [0.25, 0.3) is 5.91 Å². The lowest BCUT2D eigenvalue weighted by Gasteiger charge is -2.09. The van der Waals surface area contributed by atoms with E-state index in [0.29, 0.717) is 38.7 Å². The molecular weight excluding hydrogens is 333 g/mol. The Bertz CT molecular complexity index is 657. The third-order valence-electron chi connectivity index (χ3n) is 2.69. The Hall–Kier alpha value is -1.42. The largest absolute Gasteiger partial charge is 0.494 e. The lowest BCUT2D eigenvalue weighted by atomic mass is 10.2. The number of hydrogen-bond donors (Lipinski definition) is 1. The van der Waals surface area contributed by atoms with Crippen LogP contribution in [0, 0.1) is 0 Å². The molecule has 3 nitrogen and oxygen atoms in total. The Kier molecular flexibility index (Phi) is 5.34. The lowest BCUT2D eigenvalue weighted by molar-refractivity contribution is 0.102. The summed E-state index contributed by atoms with van der Waals surface area (Å²) in [7, 11) is 0. The number of hydrogen-bond acceptors (Lipinski definition) is 2. The molecule has 0 aliphatic rings. The monoisotopic (exact) mass is 343 g/mol. The van der Waals surface area contributed by atoms with Gasteiger partial charge in [-0.3, -0.25) is 4.79 Å². The lowest BCUT2D eigenvalue weighted by Crippen LogP contribution is -2.12. The molecule has 0 atom stereocenters. The van der Waals surface area contributed by atoms with Crippen molar-refractivity contribution < 1.29 is 9.53 Å². The highest BCUT2D eigenvalue weighted by atomic mass is 35.5. The highest BCUT2D eigenvalue weighted by Crippen LogP contribution is 2.32. The van der Waals surface area contributed by atoms with Gasteiger partial charge in [-0.1, -0.05) is 34.8 Å². The van der Waals surface area contributed by atoms with Crippen LogP contribution in [0.15, 0.2) is 36.4 Å². The number of carbonyl (C=O) groups is 1. The van der Waals surface area contributed by atoms with E-state index >= 15 is 0 Å². The van der Waals surface area contributed by atoms with Gasteiger partial charge in [-0.15, -0.1) is 0 Å². The summed E-state index contributed by atoms with van der Waals surface area (Å²) in [4.78, 5) is 12.1. The summed E-state index contributed by atoms with van der Waals surface area (Å²) in [5.74, 6) is 0.417. The second-order valence-corrected chi connectivity index (χ2v) is 5.38. The molecule has 2 aromatic rings. The predicted molar refractivity (Wildman–Crippen MR) is 87.0 cm³/mol. The third kappa shape index (κ3) is 4.03. The summed E-state index contributed by atoms with van der Waals surface area (Å²) < 4.78 is 5.32. The Morgan fingerprint density at radius 1 is 1.05 bits per heavy atom. The van der Waals surface area contributed by atoms with Gasteiger partial charge in [0.2, 0.25) is 0 Å². The van der Waals surface area contributed by atoms with Crippen molar-refractivity contribution in [1.82, 2.24) is 0 Å². The first-order chi connectivity index (χ1) is 10.0. The molecule has 2 rings (SSSR count). The van der Waals surface area contributed by atoms with Crippen LogP contribution in [0.1, 0.15) is 17.3 Å². The van der Waals surface area contributed by atoms with E-state index in [0.717, 1.165) is 0 Å². The van der Waals surface area contributed by atoms with Crippen LogP contribution in [-0.4, -0.2) is 12.5 Å². The molecule has 0 saturated heterocycles. The Labute approximate surface area is 137 Å². The van der Waals surface area contributed by atoms with E-state index in [1.54, 1.807) is 24.3 Å². The summed E-state index contributed by atoms with van der Waals surface area (Å²) in [5, 5.41) is 3.67. The van der Waals surface area contributed by atoms with Crippen molar-refractivity contribution in [3.63, 3.8) is 0 Å². The van der Waals surface area contributed by atoms with Crippen LogP contribution in [0.4, 0.5) is 5.69 Å². The average molecular weight is 345 g/mol. The fraction of sp³-hybridized carbons (Fsp3) is 0.133. The van der Waals surface area contributed by atoms with Gasteiger partial charge in [0, 0.05) is 5.56 Å². The summed E-state index contributed by atoms with van der Waals surface area (Å²) in [5.41, 5.74) is 0.894. The smallest absolute Gasteiger partial charge is 0.255 e. The van der Waals surface area contributed by atoms with Gasteiger partial charge >= 0.3 is 0 Å². The third-order valence-corrected chi connectivity index (χ3v) is 3.72. The zero-order valence-corrected chi connectivity index (χ0v) is 13.4. The van der Waals surface area contributed by atoms with Gasteiger partial charge in [-0.2, -0.15) is 0 Å². The molecule has 1 N–H and O–H groups in total. The molecule has 0 spiro atoms. The van der Waals surface area contributed by atoms with Gasteiger partial charge in [-0.25, -0.2) is 0 Å². The van der Waals surface area contributed by atoms with E-state index in [1.807, 2.05) is 6.92 Å². The fourth-order valence-electron chi connectivity index (χ4n) is 1.68. The standard InChI is InChI=1S/C15H12Cl3NO2/c1-2-21-10-5-3-9(4-6-10)15(20)19-14-8-12(17)11(16)7-13(14)18/h3-8H,2H2,1H3,(H,19,20). The van der Waals surface area contributed by atoms with E-state index in [9.17, 15) is 4.79 Å². The molecule has 0 aliphatic heterocycles. The van der Waals surface area contributed by atoms with E-state index in [1.165, 1.54) is 12.1 Å². The molecule has 110 valence electrons. The highest BCUT2D eigenvalue weighted by Gasteiger charge is 2.11. The topological polar surface area (TPSA) is 38.3 Å². The number of rotatable bonds is 4. The Morgan fingerprint density at radius 2 is 1.67 bits per heavy atom. The van der Waals surface area contributed by atoms with Crippen LogP contribution in [0.5, 0.6) is 5.75 Å². The number of amides is 1. The molecule has 0 radical (unpaired) electrons. The molecule has 21 heavy (non-hydrogen) atoms. The zero-order chi connectivity index (χ0) is 15.4. The van der Waals surface area contributed by atoms with Crippen molar-refractivity contribution in [2.45, 2.75) is 6.92 Å². The number of anilines is 1. The number of nitrogens with one attached hydrogen (secondary N) is 1. The number of ether oxygens (including phenoxy) is 1. The minimum atomic E-state index is -0.293. The molecule has 0 aromatic heterocycles. The minimum absolute atomic E-state index is 0.293. The molecule has 1 amide bonds. The summed E-state index contributed by atoms with van der Waals surface area (Å²) in [6, 6.07) is 9.80. The van der Waals surface area contributed by atoms with Crippen LogP contribution in [0.25, 0.3) is 0 Å². The van der Waals surface area contributed by atoms with E-state index < -0.39 is 0 Å². The number of carbonyl (C=O) groups excluding carboxylic acids is 1. The van der Waals surface area contributed by atoms with Crippen LogP contribution in [-0.2, 0) is 0 Å². The molecule has 0 unspecified atom stereocenters. The van der Waals surface area contributed by atoms with Crippen molar-refractivity contribution in [2.24, 2.45) is 0 Å². The maximum absolute atomic E-state index is 12.1. The van der Waals surface area contributed by atoms with Crippen molar-refractivity contribution >= 4 is 46.4 Å². The van der Waals surface area contributed by atoms with Gasteiger partial charge in [0.15, 0.2) is 0 Å². The normalized spacial score (nSPS) is 10.3. The van der Waals surface area contributed by atoms with Crippen LogP contribution in [0.2, 0.25) is 15.1 Å². The Morgan fingerprint density at radius 3 is 2.29 bits per heavy atom. The van der Waals surface area contributed by atoms with Gasteiger partial charge < -0.3 is 10.1 Å². The molecular formula is C15H12Cl3NO2. The quantitative estimate of drug-likeness (QED) is 0.764. The van der Waals surface area contributed by atoms with E-state index in [2.05, 4.69) is 5.32 Å². The molecule has 0 bridgehead atoms. The van der Waals surface area contributed by atoms with Crippen LogP contribution in [0.3, 0.4) is 0 Å². The first-order valence-corrected chi connectivity index (χ1v) is 7.33. The van der Waals surface area contributed by atoms with Gasteiger partial charge in [-0.05, 0) is 43.3 Å². The van der Waals surface area contributed by atoms with Gasteiger partial charge in [0.1, 0.15) is 5.75 Å². The van der Waals surface area contributed by atoms with E-state index in [-0.39, 0.29) is 5.91 Å². The zero-order valence-electron chi connectivity index (χ0n) is 11.1. The molecule has 6 heteroatoms. The highest BCUT2D eigenvalue weighted by molar-refractivity contribution is 6.44. The summed E-state index contributed by atoms with van der Waals surface area (Å²) >= 11 is 17.8.